The van der Waals surface area contributed by atoms with Gasteiger partial charge in [0, 0.05) is 15.4 Å². The molecular formula is C43H25F10IO6S4. The van der Waals surface area contributed by atoms with Crippen LogP contribution in [0, 0.1) is 72.2 Å². The third-order valence-corrected chi connectivity index (χ3v) is 16.3. The fourth-order valence-corrected chi connectivity index (χ4v) is 11.8. The highest BCUT2D eigenvalue weighted by Crippen LogP contribution is 2.34. The minimum absolute atomic E-state index is 0.0996. The van der Waals surface area contributed by atoms with E-state index in [1.165, 1.54) is 37.2 Å². The van der Waals surface area contributed by atoms with Gasteiger partial charge in [0.15, 0.2) is 68.4 Å². The van der Waals surface area contributed by atoms with E-state index in [-0.39, 0.29) is 32.1 Å². The van der Waals surface area contributed by atoms with Gasteiger partial charge in [-0.25, -0.2) is 60.7 Å². The Kier molecular flexibility index (Phi) is 16.7. The molecule has 0 heterocycles. The quantitative estimate of drug-likeness (QED) is 0.0361. The van der Waals surface area contributed by atoms with Crippen molar-refractivity contribution in [1.82, 2.24) is 0 Å². The van der Waals surface area contributed by atoms with Crippen LogP contribution in [0.4, 0.5) is 43.9 Å². The third kappa shape index (κ3) is 12.0. The van der Waals surface area contributed by atoms with E-state index in [0.29, 0.717) is 0 Å². The number of rotatable bonds is 9. The van der Waals surface area contributed by atoms with E-state index in [1.54, 1.807) is 0 Å². The summed E-state index contributed by atoms with van der Waals surface area (Å²) in [5, 5.41) is 0. The average Bonchev–Trinajstić information content (AvgIpc) is 3.26. The van der Waals surface area contributed by atoms with Crippen LogP contribution in [0.3, 0.4) is 0 Å². The van der Waals surface area contributed by atoms with E-state index in [0.717, 1.165) is 0 Å². The van der Waals surface area contributed by atoms with Crippen LogP contribution in [0.5, 0.6) is 0 Å². The standard InChI is InChI=1S/C31H25IS2.2C6HF5O3S/c1-24-10-8-9-15-31(24)32-25-16-18-26(19-17-25)33-27-20-22-30(23-21-27)34(28-11-4-2-5-12-28)29-13-6-3-7-14-29;2*7-1-2(8)4(10)6(15(12,13)14)5(11)3(1)9/h2-23H,1H3;2*(H,12,13,14)/q+2;;/p-2. The Labute approximate surface area is 377 Å². The highest BCUT2D eigenvalue weighted by atomic mass is 127. The Morgan fingerprint density at radius 1 is 0.422 bits per heavy atom. The Balaban J connectivity index is 0.000000213. The zero-order valence-electron chi connectivity index (χ0n) is 31.9. The number of aryl methyl sites for hydroxylation is 1. The van der Waals surface area contributed by atoms with Crippen LogP contribution < -0.4 is 21.2 Å². The number of halogens is 11. The second kappa shape index (κ2) is 21.4. The molecule has 6 nitrogen and oxygen atoms in total. The van der Waals surface area contributed by atoms with Gasteiger partial charge in [0.2, 0.25) is 11.6 Å². The molecule has 0 saturated heterocycles. The fourth-order valence-electron chi connectivity index (χ4n) is 5.25. The first kappa shape index (κ1) is 50.1. The Bertz CT molecular complexity index is 2810. The molecule has 0 aliphatic heterocycles. The first-order valence-corrected chi connectivity index (χ1v) is 24.5. The minimum atomic E-state index is -5.77. The van der Waals surface area contributed by atoms with Crippen molar-refractivity contribution in [1.29, 1.82) is 0 Å². The highest BCUT2D eigenvalue weighted by molar-refractivity contribution is 7.99. The lowest BCUT2D eigenvalue weighted by atomic mass is 10.2. The van der Waals surface area contributed by atoms with E-state index >= 15 is 0 Å². The van der Waals surface area contributed by atoms with Crippen LogP contribution >= 0.6 is 11.8 Å². The molecule has 0 atom stereocenters. The van der Waals surface area contributed by atoms with Gasteiger partial charge in [0.1, 0.15) is 30.0 Å². The molecule has 7 aromatic rings. The topological polar surface area (TPSA) is 114 Å². The van der Waals surface area contributed by atoms with E-state index < -0.39 is 88.2 Å². The van der Waals surface area contributed by atoms with Crippen molar-refractivity contribution in [3.63, 3.8) is 0 Å². The molecule has 64 heavy (non-hydrogen) atoms. The molecule has 21 heteroatoms. The summed E-state index contributed by atoms with van der Waals surface area (Å²) < 4.78 is 189. The number of hydrogen-bond acceptors (Lipinski definition) is 7. The van der Waals surface area contributed by atoms with Gasteiger partial charge in [0.05, 0.1) is 10.9 Å². The fraction of sp³-hybridized carbons (Fsp3) is 0.0233. The summed E-state index contributed by atoms with van der Waals surface area (Å²) in [7, 11) is -11.6. The number of benzene rings is 7. The maximum absolute atomic E-state index is 12.6. The van der Waals surface area contributed by atoms with Gasteiger partial charge < -0.3 is 9.11 Å². The Morgan fingerprint density at radius 3 is 1.09 bits per heavy atom. The Morgan fingerprint density at radius 2 is 0.734 bits per heavy atom. The van der Waals surface area contributed by atoms with Gasteiger partial charge in [-0.3, -0.25) is 0 Å². The summed E-state index contributed by atoms with van der Waals surface area (Å²) in [5.41, 5.74) is 1.40. The van der Waals surface area contributed by atoms with Gasteiger partial charge in [0.25, 0.3) is 0 Å². The summed E-state index contributed by atoms with van der Waals surface area (Å²) >= 11 is 1.70. The van der Waals surface area contributed by atoms with Gasteiger partial charge in [-0.15, -0.1) is 0 Å². The maximum Gasteiger partial charge on any atom is 0.358 e. The van der Waals surface area contributed by atoms with Crippen molar-refractivity contribution in [2.45, 2.75) is 41.2 Å². The second-order valence-corrected chi connectivity index (χ2v) is 21.3. The van der Waals surface area contributed by atoms with Crippen molar-refractivity contribution in [2.24, 2.45) is 0 Å². The van der Waals surface area contributed by atoms with E-state index in [4.69, 9.17) is 0 Å². The predicted octanol–water partition coefficient (Wildman–Crippen LogP) is 7.94. The molecule has 334 valence electrons. The molecule has 0 aliphatic carbocycles. The van der Waals surface area contributed by atoms with Crippen LogP contribution in [0.2, 0.25) is 0 Å². The van der Waals surface area contributed by atoms with Gasteiger partial charge in [-0.2, -0.15) is 0 Å². The van der Waals surface area contributed by atoms with Gasteiger partial charge in [-0.1, -0.05) is 66.4 Å². The molecule has 0 bridgehead atoms. The van der Waals surface area contributed by atoms with Crippen LogP contribution in [0.25, 0.3) is 0 Å². The van der Waals surface area contributed by atoms with Crippen molar-refractivity contribution in [3.8, 4) is 0 Å². The molecule has 7 rings (SSSR count). The third-order valence-electron chi connectivity index (χ3n) is 8.19. The SMILES string of the molecule is Cc1ccccc1[I+]c1ccc(Sc2ccc([S+](c3ccccc3)c3ccccc3)cc2)cc1.O=S(=O)([O-])c1c(F)c(F)c(F)c(F)c1F.O=S(=O)([O-])c1c(F)c(F)c(F)c(F)c1F. The van der Waals surface area contributed by atoms with Crippen LogP contribution in [-0.4, -0.2) is 25.9 Å². The van der Waals surface area contributed by atoms with Crippen molar-refractivity contribution in [2.75, 3.05) is 0 Å². The van der Waals surface area contributed by atoms with E-state index in [9.17, 15) is 69.8 Å². The summed E-state index contributed by atoms with van der Waals surface area (Å²) in [5.74, 6) is -25.7. The molecule has 0 aromatic heterocycles. The summed E-state index contributed by atoms with van der Waals surface area (Å²) in [4.78, 5) is 1.85. The Hall–Kier alpha value is -4.91. The monoisotopic (exact) mass is 1080 g/mol. The van der Waals surface area contributed by atoms with Crippen molar-refractivity contribution in [3.05, 3.63) is 204 Å². The molecule has 0 amide bonds. The normalized spacial score (nSPS) is 11.4. The molecule has 0 N–H and O–H groups in total. The van der Waals surface area contributed by atoms with E-state index in [1.807, 2.05) is 11.8 Å². The van der Waals surface area contributed by atoms with Crippen LogP contribution in [0.1, 0.15) is 5.56 Å². The zero-order valence-corrected chi connectivity index (χ0v) is 37.4. The van der Waals surface area contributed by atoms with Gasteiger partial charge in [-0.05, 0) is 85.8 Å². The minimum Gasteiger partial charge on any atom is -0.744 e. The molecule has 0 unspecified atom stereocenters. The molecule has 0 spiro atoms. The highest BCUT2D eigenvalue weighted by Gasteiger charge is 2.31. The molecule has 0 aliphatic rings. The van der Waals surface area contributed by atoms with Crippen LogP contribution in [0.15, 0.2) is 168 Å². The lowest BCUT2D eigenvalue weighted by molar-refractivity contribution is -0.598. The summed E-state index contributed by atoms with van der Waals surface area (Å²) in [6, 6.07) is 48.7. The maximum atomic E-state index is 12.6. The molecule has 0 fully saturated rings. The largest absolute Gasteiger partial charge is 0.744 e. The second-order valence-electron chi connectivity index (χ2n) is 12.5. The lowest BCUT2D eigenvalue weighted by Crippen LogP contribution is -3.61. The first-order chi connectivity index (χ1) is 30.1. The van der Waals surface area contributed by atoms with Crippen LogP contribution in [-0.2, 0) is 31.1 Å². The molecule has 0 radical (unpaired) electrons. The van der Waals surface area contributed by atoms with Gasteiger partial charge >= 0.3 is 21.2 Å². The van der Waals surface area contributed by atoms with Crippen molar-refractivity contribution >= 4 is 42.9 Å². The average molecular weight is 1080 g/mol. The molecular weight excluding hydrogens is 1060 g/mol. The zero-order chi connectivity index (χ0) is 47.1. The first-order valence-electron chi connectivity index (χ1n) is 17.5. The molecule has 7 aromatic carbocycles. The summed E-state index contributed by atoms with van der Waals surface area (Å²) in [6.45, 7) is 2.21. The van der Waals surface area contributed by atoms with Crippen molar-refractivity contribution < 1.29 is 91.1 Å². The predicted molar refractivity (Wildman–Crippen MR) is 209 cm³/mol. The number of hydrogen-bond donors (Lipinski definition) is 0. The summed E-state index contributed by atoms with van der Waals surface area (Å²) in [6.07, 6.45) is 0. The lowest BCUT2D eigenvalue weighted by Gasteiger charge is -2.10. The smallest absolute Gasteiger partial charge is 0.358 e. The van der Waals surface area contributed by atoms with E-state index in [2.05, 4.69) is 140 Å². The molecule has 0 saturated carbocycles.